The molecule has 0 saturated carbocycles. The number of amides is 1. The molecule has 0 radical (unpaired) electrons. The molecule has 1 rings (SSSR count). The molecule has 0 spiro atoms. The minimum Gasteiger partial charge on any atom is -0.464 e. The van der Waals surface area contributed by atoms with Crippen LogP contribution in [0.15, 0.2) is 36.9 Å². The summed E-state index contributed by atoms with van der Waals surface area (Å²) >= 11 is -2.02. The average molecular weight is 300 g/mol. The molecule has 1 unspecified atom stereocenters. The zero-order chi connectivity index (χ0) is 15.3. The minimum atomic E-state index is -2.02. The Kier molecular flexibility index (Phi) is 5.41. The number of nitrogens with zero attached hydrogens (tertiary/aromatic N) is 1. The first-order chi connectivity index (χ1) is 9.32. The molecule has 1 atom stereocenters. The van der Waals surface area contributed by atoms with Crippen molar-refractivity contribution in [1.82, 2.24) is 9.03 Å². The van der Waals surface area contributed by atoms with Crippen molar-refractivity contribution in [3.8, 4) is 0 Å². The lowest BCUT2D eigenvalue weighted by atomic mass is 9.94. The SMILES string of the molecule is C=CCNS(=O)N(C(=O)O)C(C)(C)c1ccccc1F. The van der Waals surface area contributed by atoms with E-state index < -0.39 is 28.6 Å². The van der Waals surface area contributed by atoms with Gasteiger partial charge in [-0.05, 0) is 19.9 Å². The summed E-state index contributed by atoms with van der Waals surface area (Å²) in [6.45, 7) is 6.60. The van der Waals surface area contributed by atoms with Crippen LogP contribution in [0, 0.1) is 5.82 Å². The fraction of sp³-hybridized carbons (Fsp3) is 0.308. The predicted molar refractivity (Wildman–Crippen MR) is 75.6 cm³/mol. The second-order valence-electron chi connectivity index (χ2n) is 4.50. The fourth-order valence-electron chi connectivity index (χ4n) is 1.78. The molecule has 5 nitrogen and oxygen atoms in total. The second-order valence-corrected chi connectivity index (χ2v) is 5.65. The van der Waals surface area contributed by atoms with Crippen LogP contribution in [0.25, 0.3) is 0 Å². The van der Waals surface area contributed by atoms with Gasteiger partial charge in [0.25, 0.3) is 0 Å². The maximum atomic E-state index is 13.9. The molecular formula is C13H17FN2O3S. The van der Waals surface area contributed by atoms with Crippen molar-refractivity contribution >= 4 is 17.3 Å². The van der Waals surface area contributed by atoms with Gasteiger partial charge in [-0.25, -0.2) is 22.4 Å². The van der Waals surface area contributed by atoms with E-state index in [1.807, 2.05) is 0 Å². The van der Waals surface area contributed by atoms with Gasteiger partial charge in [-0.15, -0.1) is 6.58 Å². The largest absolute Gasteiger partial charge is 0.464 e. The van der Waals surface area contributed by atoms with Crippen molar-refractivity contribution in [2.24, 2.45) is 0 Å². The van der Waals surface area contributed by atoms with Gasteiger partial charge in [0.05, 0.1) is 5.54 Å². The normalized spacial score (nSPS) is 12.8. The highest BCUT2D eigenvalue weighted by molar-refractivity contribution is 7.81. The summed E-state index contributed by atoms with van der Waals surface area (Å²) in [4.78, 5) is 11.4. The summed E-state index contributed by atoms with van der Waals surface area (Å²) in [7, 11) is 0. The highest BCUT2D eigenvalue weighted by Crippen LogP contribution is 2.30. The molecule has 0 fully saturated rings. The Hall–Kier alpha value is -1.73. The molecule has 7 heteroatoms. The Morgan fingerprint density at radius 1 is 1.55 bits per heavy atom. The molecule has 0 aliphatic carbocycles. The molecule has 0 aliphatic rings. The number of benzene rings is 1. The van der Waals surface area contributed by atoms with Gasteiger partial charge in [0.1, 0.15) is 5.82 Å². The first kappa shape index (κ1) is 16.3. The molecule has 0 heterocycles. The summed E-state index contributed by atoms with van der Waals surface area (Å²) in [5.41, 5.74) is -1.15. The van der Waals surface area contributed by atoms with E-state index in [1.54, 1.807) is 6.07 Å². The minimum absolute atomic E-state index is 0.149. The summed E-state index contributed by atoms with van der Waals surface area (Å²) in [6, 6.07) is 5.81. The topological polar surface area (TPSA) is 69.6 Å². The fourth-order valence-corrected chi connectivity index (χ4v) is 2.82. The van der Waals surface area contributed by atoms with E-state index in [0.717, 1.165) is 0 Å². The highest BCUT2D eigenvalue weighted by Gasteiger charge is 2.38. The summed E-state index contributed by atoms with van der Waals surface area (Å²) in [5.74, 6) is -0.551. The quantitative estimate of drug-likeness (QED) is 0.793. The van der Waals surface area contributed by atoms with Crippen LogP contribution in [0.1, 0.15) is 19.4 Å². The Balaban J connectivity index is 3.19. The molecule has 0 saturated heterocycles. The Labute approximate surface area is 119 Å². The third-order valence-electron chi connectivity index (χ3n) is 2.73. The molecule has 2 N–H and O–H groups in total. The monoisotopic (exact) mass is 300 g/mol. The lowest BCUT2D eigenvalue weighted by Gasteiger charge is -2.35. The van der Waals surface area contributed by atoms with Crippen molar-refractivity contribution in [3.63, 3.8) is 0 Å². The van der Waals surface area contributed by atoms with Crippen molar-refractivity contribution in [2.45, 2.75) is 19.4 Å². The first-order valence-electron chi connectivity index (χ1n) is 5.86. The molecule has 1 amide bonds. The third kappa shape index (κ3) is 3.43. The van der Waals surface area contributed by atoms with Gasteiger partial charge in [0, 0.05) is 12.1 Å². The summed E-state index contributed by atoms with van der Waals surface area (Å²) in [5, 5.41) is 9.28. The smallest absolute Gasteiger partial charge is 0.421 e. The average Bonchev–Trinajstić information content (AvgIpc) is 2.35. The maximum Gasteiger partial charge on any atom is 0.421 e. The molecule has 1 aromatic carbocycles. The van der Waals surface area contributed by atoms with Crippen LogP contribution in [0.5, 0.6) is 0 Å². The molecule has 0 bridgehead atoms. The molecule has 0 aromatic heterocycles. The maximum absolute atomic E-state index is 13.9. The Morgan fingerprint density at radius 3 is 2.65 bits per heavy atom. The van der Waals surface area contributed by atoms with Crippen LogP contribution in [-0.4, -0.2) is 26.3 Å². The Bertz CT molecular complexity index is 534. The molecule has 1 aromatic rings. The van der Waals surface area contributed by atoms with Gasteiger partial charge in [0.15, 0.2) is 0 Å². The van der Waals surface area contributed by atoms with Gasteiger partial charge >= 0.3 is 6.09 Å². The van der Waals surface area contributed by atoms with E-state index in [4.69, 9.17) is 0 Å². The standard InChI is InChI=1S/C13H17FN2O3S/c1-4-9-15-20(19)16(12(17)18)13(2,3)10-7-5-6-8-11(10)14/h4-8,15H,1,9H2,2-3H3,(H,17,18). The summed E-state index contributed by atoms with van der Waals surface area (Å²) in [6.07, 6.45) is 0.0433. The number of rotatable bonds is 6. The van der Waals surface area contributed by atoms with E-state index in [1.165, 1.54) is 38.1 Å². The van der Waals surface area contributed by atoms with Crippen LogP contribution in [0.4, 0.5) is 9.18 Å². The third-order valence-corrected chi connectivity index (χ3v) is 4.09. The lowest BCUT2D eigenvalue weighted by Crippen LogP contribution is -2.50. The number of hydrogen-bond acceptors (Lipinski definition) is 2. The van der Waals surface area contributed by atoms with Crippen LogP contribution in [-0.2, 0) is 16.7 Å². The van der Waals surface area contributed by atoms with Crippen molar-refractivity contribution in [3.05, 3.63) is 48.3 Å². The van der Waals surface area contributed by atoms with Gasteiger partial charge in [-0.3, -0.25) is 0 Å². The zero-order valence-electron chi connectivity index (χ0n) is 11.3. The molecule has 0 aliphatic heterocycles. The van der Waals surface area contributed by atoms with Gasteiger partial charge < -0.3 is 5.11 Å². The van der Waals surface area contributed by atoms with Gasteiger partial charge in [0.2, 0.25) is 11.2 Å². The predicted octanol–water partition coefficient (Wildman–Crippen LogP) is 2.40. The second kappa shape index (κ2) is 6.62. The van der Waals surface area contributed by atoms with Gasteiger partial charge in [-0.1, -0.05) is 24.3 Å². The van der Waals surface area contributed by atoms with Crippen molar-refractivity contribution in [1.29, 1.82) is 0 Å². The highest BCUT2D eigenvalue weighted by atomic mass is 32.2. The van der Waals surface area contributed by atoms with Crippen molar-refractivity contribution < 1.29 is 18.5 Å². The summed E-state index contributed by atoms with van der Waals surface area (Å²) < 4.78 is 29.1. The first-order valence-corrected chi connectivity index (χ1v) is 6.97. The van der Waals surface area contributed by atoms with Crippen molar-refractivity contribution in [2.75, 3.05) is 6.54 Å². The van der Waals surface area contributed by atoms with Crippen LogP contribution < -0.4 is 4.72 Å². The van der Waals surface area contributed by atoms with E-state index in [9.17, 15) is 18.5 Å². The van der Waals surface area contributed by atoms with E-state index >= 15 is 0 Å². The molecule has 20 heavy (non-hydrogen) atoms. The van der Waals surface area contributed by atoms with Crippen LogP contribution >= 0.6 is 0 Å². The Morgan fingerprint density at radius 2 is 2.15 bits per heavy atom. The number of hydrogen-bond donors (Lipinski definition) is 2. The lowest BCUT2D eigenvalue weighted by molar-refractivity contribution is 0.142. The van der Waals surface area contributed by atoms with E-state index in [0.29, 0.717) is 4.31 Å². The number of halogens is 1. The molecule has 110 valence electrons. The van der Waals surface area contributed by atoms with Crippen LogP contribution in [0.2, 0.25) is 0 Å². The van der Waals surface area contributed by atoms with E-state index in [2.05, 4.69) is 11.3 Å². The van der Waals surface area contributed by atoms with Gasteiger partial charge in [-0.2, -0.15) is 0 Å². The van der Waals surface area contributed by atoms with E-state index in [-0.39, 0.29) is 12.1 Å². The zero-order valence-corrected chi connectivity index (χ0v) is 12.1. The number of nitrogens with one attached hydrogen (secondary N) is 1. The number of carbonyl (C=O) groups is 1. The number of carboxylic acid groups (broad SMARTS) is 1. The van der Waals surface area contributed by atoms with Crippen LogP contribution in [0.3, 0.4) is 0 Å². The molecular weight excluding hydrogens is 283 g/mol.